The Hall–Kier alpha value is -1.42. The van der Waals surface area contributed by atoms with Gasteiger partial charge in [-0.2, -0.15) is 0 Å². The number of hydrogen-bond donors (Lipinski definition) is 1. The van der Waals surface area contributed by atoms with Crippen LogP contribution in [0.25, 0.3) is 0 Å². The van der Waals surface area contributed by atoms with Gasteiger partial charge in [0.25, 0.3) is 0 Å². The van der Waals surface area contributed by atoms with Crippen LogP contribution in [0.2, 0.25) is 0 Å². The number of rotatable bonds is 3. The summed E-state index contributed by atoms with van der Waals surface area (Å²) in [4.78, 5) is 2.42. The maximum absolute atomic E-state index is 5.96. The van der Waals surface area contributed by atoms with Gasteiger partial charge in [-0.25, -0.2) is 0 Å². The lowest BCUT2D eigenvalue weighted by Gasteiger charge is -2.34. The van der Waals surface area contributed by atoms with E-state index in [0.717, 1.165) is 50.5 Å². The molecule has 0 aliphatic carbocycles. The molecule has 4 nitrogen and oxygen atoms in total. The van der Waals surface area contributed by atoms with Crippen LogP contribution in [-0.4, -0.2) is 39.4 Å². The van der Waals surface area contributed by atoms with Crippen molar-refractivity contribution in [1.29, 1.82) is 0 Å². The van der Waals surface area contributed by atoms with E-state index < -0.39 is 0 Å². The molecule has 0 unspecified atom stereocenters. The fraction of sp³-hybridized carbons (Fsp3) is 0.625. The Morgan fingerprint density at radius 2 is 1.75 bits per heavy atom. The Bertz CT molecular complexity index is 482. The summed E-state index contributed by atoms with van der Waals surface area (Å²) in [7, 11) is 0. The van der Waals surface area contributed by atoms with E-state index in [1.54, 1.807) is 0 Å². The molecule has 110 valence electrons. The Morgan fingerprint density at radius 1 is 1.05 bits per heavy atom. The highest BCUT2D eigenvalue weighted by Crippen LogP contribution is 2.44. The van der Waals surface area contributed by atoms with Crippen LogP contribution in [0.4, 0.5) is 5.69 Å². The molecule has 0 saturated carbocycles. The van der Waals surface area contributed by atoms with Gasteiger partial charge in [0.15, 0.2) is 11.5 Å². The number of nitrogens with one attached hydrogen (secondary N) is 1. The first kappa shape index (κ1) is 13.6. The topological polar surface area (TPSA) is 33.7 Å². The highest BCUT2D eigenvalue weighted by Gasteiger charge is 2.25. The van der Waals surface area contributed by atoms with Crippen LogP contribution in [0.1, 0.15) is 25.0 Å². The van der Waals surface area contributed by atoms with Crippen molar-refractivity contribution >= 4 is 5.69 Å². The van der Waals surface area contributed by atoms with Crippen LogP contribution in [0, 0.1) is 0 Å². The van der Waals surface area contributed by atoms with Crippen molar-refractivity contribution in [1.82, 2.24) is 5.32 Å². The van der Waals surface area contributed by atoms with E-state index in [2.05, 4.69) is 30.1 Å². The minimum Gasteiger partial charge on any atom is -0.486 e. The molecule has 0 amide bonds. The quantitative estimate of drug-likeness (QED) is 0.915. The molecule has 1 N–H and O–H groups in total. The zero-order valence-electron chi connectivity index (χ0n) is 12.5. The number of nitrogens with zero attached hydrogens (tertiary/aromatic N) is 1. The fourth-order valence-electron chi connectivity index (χ4n) is 3.14. The Morgan fingerprint density at radius 3 is 2.40 bits per heavy atom. The third-order valence-corrected chi connectivity index (χ3v) is 4.18. The molecule has 0 bridgehead atoms. The number of aryl methyl sites for hydroxylation is 1. The monoisotopic (exact) mass is 276 g/mol. The molecule has 4 heteroatoms. The smallest absolute Gasteiger partial charge is 0.184 e. The lowest BCUT2D eigenvalue weighted by atomic mass is 9.99. The number of hydrogen-bond acceptors (Lipinski definition) is 4. The van der Waals surface area contributed by atoms with Gasteiger partial charge in [-0.3, -0.25) is 0 Å². The number of ether oxygens (including phenoxy) is 2. The maximum atomic E-state index is 5.96. The summed E-state index contributed by atoms with van der Waals surface area (Å²) in [6.07, 6.45) is 2.04. The van der Waals surface area contributed by atoms with E-state index in [9.17, 15) is 0 Å². The second kappa shape index (κ2) is 5.92. The van der Waals surface area contributed by atoms with E-state index in [4.69, 9.17) is 9.47 Å². The van der Waals surface area contributed by atoms with Gasteiger partial charge in [-0.1, -0.05) is 13.8 Å². The number of piperazine rings is 1. The summed E-state index contributed by atoms with van der Waals surface area (Å²) < 4.78 is 11.9. The van der Waals surface area contributed by atoms with Crippen molar-refractivity contribution in [3.05, 3.63) is 17.2 Å². The molecule has 1 aromatic rings. The lowest BCUT2D eigenvalue weighted by molar-refractivity contribution is 0.170. The van der Waals surface area contributed by atoms with Crippen molar-refractivity contribution in [2.45, 2.75) is 26.7 Å². The Balaban J connectivity index is 2.08. The van der Waals surface area contributed by atoms with Crippen molar-refractivity contribution in [3.8, 4) is 11.5 Å². The maximum Gasteiger partial charge on any atom is 0.184 e. The summed E-state index contributed by atoms with van der Waals surface area (Å²) in [5, 5.41) is 3.40. The molecule has 3 rings (SSSR count). The minimum atomic E-state index is 0.653. The largest absolute Gasteiger partial charge is 0.486 e. The molecule has 2 aliphatic heterocycles. The first-order valence-corrected chi connectivity index (χ1v) is 7.75. The molecule has 1 saturated heterocycles. The normalized spacial score (nSPS) is 18.2. The Kier molecular flexibility index (Phi) is 4.01. The summed E-state index contributed by atoms with van der Waals surface area (Å²) >= 11 is 0. The molecular formula is C16H24N2O2. The fourth-order valence-corrected chi connectivity index (χ4v) is 3.14. The average Bonchev–Trinajstić information content (AvgIpc) is 2.54. The summed E-state index contributed by atoms with van der Waals surface area (Å²) in [6.45, 7) is 9.85. The second-order valence-corrected chi connectivity index (χ2v) is 5.33. The van der Waals surface area contributed by atoms with E-state index >= 15 is 0 Å². The predicted octanol–water partition coefficient (Wildman–Crippen LogP) is 1.99. The van der Waals surface area contributed by atoms with E-state index in [1.165, 1.54) is 16.8 Å². The molecule has 0 radical (unpaired) electrons. The summed E-state index contributed by atoms with van der Waals surface area (Å²) in [5.74, 6) is 1.96. The molecule has 1 fully saturated rings. The molecule has 2 heterocycles. The Labute approximate surface area is 121 Å². The second-order valence-electron chi connectivity index (χ2n) is 5.33. The summed E-state index contributed by atoms with van der Waals surface area (Å²) in [6, 6.07) is 2.32. The van der Waals surface area contributed by atoms with Gasteiger partial charge in [0.05, 0.1) is 5.69 Å². The van der Waals surface area contributed by atoms with Crippen LogP contribution in [0.5, 0.6) is 11.5 Å². The molecule has 2 aliphatic rings. The van der Waals surface area contributed by atoms with Gasteiger partial charge in [-0.05, 0) is 24.5 Å². The number of fused-ring (bicyclic) bond motifs is 1. The van der Waals surface area contributed by atoms with Crippen LogP contribution in [0.15, 0.2) is 6.07 Å². The number of anilines is 1. The molecular weight excluding hydrogens is 252 g/mol. The van der Waals surface area contributed by atoms with E-state index in [-0.39, 0.29) is 0 Å². The number of benzene rings is 1. The van der Waals surface area contributed by atoms with Crippen LogP contribution in [-0.2, 0) is 12.8 Å². The lowest BCUT2D eigenvalue weighted by Crippen LogP contribution is -2.44. The molecule has 20 heavy (non-hydrogen) atoms. The first-order valence-electron chi connectivity index (χ1n) is 7.75. The van der Waals surface area contributed by atoms with Crippen molar-refractivity contribution < 1.29 is 9.47 Å². The summed E-state index contributed by atoms with van der Waals surface area (Å²) in [5.41, 5.74) is 3.93. The molecule has 0 atom stereocenters. The van der Waals surface area contributed by atoms with Crippen LogP contribution < -0.4 is 19.7 Å². The third kappa shape index (κ3) is 2.33. The van der Waals surface area contributed by atoms with Gasteiger partial charge < -0.3 is 19.7 Å². The standard InChI is InChI=1S/C16H24N2O2/c1-3-12-11-14(18-7-5-17-6-8-18)16-15(13(12)4-2)19-9-10-20-16/h11,17H,3-10H2,1-2H3. The van der Waals surface area contributed by atoms with Gasteiger partial charge in [0.1, 0.15) is 13.2 Å². The minimum absolute atomic E-state index is 0.653. The molecule has 0 aromatic heterocycles. The third-order valence-electron chi connectivity index (χ3n) is 4.18. The van der Waals surface area contributed by atoms with Crippen molar-refractivity contribution in [3.63, 3.8) is 0 Å². The van der Waals surface area contributed by atoms with E-state index in [0.29, 0.717) is 13.2 Å². The highest BCUT2D eigenvalue weighted by molar-refractivity contribution is 5.70. The predicted molar refractivity (Wildman–Crippen MR) is 81.3 cm³/mol. The zero-order valence-corrected chi connectivity index (χ0v) is 12.5. The zero-order chi connectivity index (χ0) is 13.9. The van der Waals surface area contributed by atoms with Gasteiger partial charge in [-0.15, -0.1) is 0 Å². The SMILES string of the molecule is CCc1cc(N2CCNCC2)c2c(c1CC)OCCO2. The molecule has 0 spiro atoms. The van der Waals surface area contributed by atoms with Crippen LogP contribution >= 0.6 is 0 Å². The highest BCUT2D eigenvalue weighted by atomic mass is 16.6. The molecule has 1 aromatic carbocycles. The van der Waals surface area contributed by atoms with Crippen molar-refractivity contribution in [2.24, 2.45) is 0 Å². The average molecular weight is 276 g/mol. The van der Waals surface area contributed by atoms with Crippen LogP contribution in [0.3, 0.4) is 0 Å². The van der Waals surface area contributed by atoms with Gasteiger partial charge >= 0.3 is 0 Å². The van der Waals surface area contributed by atoms with E-state index in [1.807, 2.05) is 0 Å². The van der Waals surface area contributed by atoms with Gasteiger partial charge in [0.2, 0.25) is 0 Å². The van der Waals surface area contributed by atoms with Gasteiger partial charge in [0, 0.05) is 31.7 Å². The van der Waals surface area contributed by atoms with Crippen molar-refractivity contribution in [2.75, 3.05) is 44.3 Å². The first-order chi connectivity index (χ1) is 9.85.